The molecule has 0 aliphatic carbocycles. The lowest BCUT2D eigenvalue weighted by atomic mass is 10.2. The third-order valence-corrected chi connectivity index (χ3v) is 3.69. The van der Waals surface area contributed by atoms with Crippen LogP contribution in [0.4, 0.5) is 0 Å². The molecule has 0 spiro atoms. The van der Waals surface area contributed by atoms with E-state index in [1.807, 2.05) is 0 Å². The van der Waals surface area contributed by atoms with Crippen molar-refractivity contribution in [3.63, 3.8) is 0 Å². The van der Waals surface area contributed by atoms with Crippen molar-refractivity contribution in [3.8, 4) is 17.2 Å². The highest BCUT2D eigenvalue weighted by Crippen LogP contribution is 2.27. The molecule has 0 aliphatic rings. The summed E-state index contributed by atoms with van der Waals surface area (Å²) in [6, 6.07) is 10.5. The van der Waals surface area contributed by atoms with Crippen molar-refractivity contribution in [2.75, 3.05) is 21.3 Å². The quantitative estimate of drug-likeness (QED) is 0.605. The predicted octanol–water partition coefficient (Wildman–Crippen LogP) is 3.24. The van der Waals surface area contributed by atoms with E-state index >= 15 is 0 Å². The summed E-state index contributed by atoms with van der Waals surface area (Å²) in [6.07, 6.45) is 1.52. The number of hydrogen-bond donors (Lipinski definition) is 1. The second kappa shape index (κ2) is 8.35. The lowest BCUT2D eigenvalue weighted by molar-refractivity contribution is 0.0952. The smallest absolute Gasteiger partial charge is 0.275 e. The van der Waals surface area contributed by atoms with Gasteiger partial charge in [0, 0.05) is 4.47 Å². The van der Waals surface area contributed by atoms with E-state index in [4.69, 9.17) is 14.2 Å². The maximum absolute atomic E-state index is 12.2. The minimum Gasteiger partial charge on any atom is -0.496 e. The van der Waals surface area contributed by atoms with Crippen molar-refractivity contribution in [1.29, 1.82) is 0 Å². The molecule has 0 saturated carbocycles. The number of nitrogens with zero attached hydrogens (tertiary/aromatic N) is 1. The normalized spacial score (nSPS) is 10.5. The second-order valence-corrected chi connectivity index (χ2v) is 5.57. The van der Waals surface area contributed by atoms with Crippen molar-refractivity contribution in [3.05, 3.63) is 52.0 Å². The number of ether oxygens (including phenoxy) is 3. The number of carbonyl (C=O) groups excluding carboxylic acids is 1. The van der Waals surface area contributed by atoms with Crippen molar-refractivity contribution in [1.82, 2.24) is 5.43 Å². The standard InChI is InChI=1S/C17H17BrN2O4/c1-22-14-7-5-12(18)9-13(14)17(21)20-19-10-11-4-6-15(23-2)16(8-11)24-3/h4-10H,1-3H3,(H,20,21)/b19-10-. The van der Waals surface area contributed by atoms with Gasteiger partial charge in [-0.3, -0.25) is 4.79 Å². The molecule has 1 amide bonds. The fraction of sp³-hybridized carbons (Fsp3) is 0.176. The Bertz CT molecular complexity index is 762. The molecule has 0 aromatic heterocycles. The Kier molecular flexibility index (Phi) is 6.20. The molecule has 1 N–H and O–H groups in total. The van der Waals surface area contributed by atoms with E-state index in [0.717, 1.165) is 10.0 Å². The van der Waals surface area contributed by atoms with Gasteiger partial charge in [0.15, 0.2) is 11.5 Å². The number of carbonyl (C=O) groups is 1. The molecule has 24 heavy (non-hydrogen) atoms. The van der Waals surface area contributed by atoms with Gasteiger partial charge in [-0.05, 0) is 42.0 Å². The van der Waals surface area contributed by atoms with Crippen LogP contribution in [-0.2, 0) is 0 Å². The number of halogens is 1. The number of benzene rings is 2. The number of rotatable bonds is 6. The summed E-state index contributed by atoms with van der Waals surface area (Å²) in [5, 5.41) is 3.96. The molecule has 0 saturated heterocycles. The minimum atomic E-state index is -0.370. The van der Waals surface area contributed by atoms with E-state index < -0.39 is 0 Å². The second-order valence-electron chi connectivity index (χ2n) is 4.66. The fourth-order valence-electron chi connectivity index (χ4n) is 2.02. The van der Waals surface area contributed by atoms with Gasteiger partial charge in [0.2, 0.25) is 0 Å². The van der Waals surface area contributed by atoms with Crippen molar-refractivity contribution in [2.45, 2.75) is 0 Å². The highest BCUT2D eigenvalue weighted by Gasteiger charge is 2.12. The summed E-state index contributed by atoms with van der Waals surface area (Å²) in [5.41, 5.74) is 3.62. The molecule has 7 heteroatoms. The molecule has 0 radical (unpaired) electrons. The first kappa shape index (κ1) is 17.8. The van der Waals surface area contributed by atoms with Gasteiger partial charge < -0.3 is 14.2 Å². The zero-order valence-corrected chi connectivity index (χ0v) is 15.1. The number of nitrogens with one attached hydrogen (secondary N) is 1. The molecule has 6 nitrogen and oxygen atoms in total. The number of hydrazone groups is 1. The average molecular weight is 393 g/mol. The molecule has 2 rings (SSSR count). The Morgan fingerprint density at radius 1 is 1.00 bits per heavy atom. The molecule has 0 bridgehead atoms. The largest absolute Gasteiger partial charge is 0.496 e. The summed E-state index contributed by atoms with van der Waals surface area (Å²) in [6.45, 7) is 0. The van der Waals surface area contributed by atoms with Crippen molar-refractivity contribution in [2.24, 2.45) is 5.10 Å². The Balaban J connectivity index is 2.11. The molecular formula is C17H17BrN2O4. The van der Waals surface area contributed by atoms with E-state index in [1.54, 1.807) is 50.6 Å². The Morgan fingerprint density at radius 2 is 1.67 bits per heavy atom. The van der Waals surface area contributed by atoms with Crippen LogP contribution >= 0.6 is 15.9 Å². The first-order chi connectivity index (χ1) is 11.6. The zero-order chi connectivity index (χ0) is 17.5. The average Bonchev–Trinajstić information content (AvgIpc) is 2.61. The predicted molar refractivity (Wildman–Crippen MR) is 95.3 cm³/mol. The van der Waals surface area contributed by atoms with Gasteiger partial charge in [0.05, 0.1) is 33.1 Å². The molecule has 2 aromatic carbocycles. The Labute approximate surface area is 148 Å². The molecule has 0 atom stereocenters. The summed E-state index contributed by atoms with van der Waals surface area (Å²) >= 11 is 3.33. The van der Waals surface area contributed by atoms with E-state index in [1.165, 1.54) is 13.3 Å². The fourth-order valence-corrected chi connectivity index (χ4v) is 2.38. The van der Waals surface area contributed by atoms with Crippen LogP contribution in [0.2, 0.25) is 0 Å². The van der Waals surface area contributed by atoms with Crippen LogP contribution < -0.4 is 19.6 Å². The van der Waals surface area contributed by atoms with Crippen LogP contribution in [0, 0.1) is 0 Å². The summed E-state index contributed by atoms with van der Waals surface area (Å²) in [4.78, 5) is 12.2. The van der Waals surface area contributed by atoms with E-state index in [2.05, 4.69) is 26.5 Å². The van der Waals surface area contributed by atoms with Gasteiger partial charge in [-0.15, -0.1) is 0 Å². The first-order valence-corrected chi connectivity index (χ1v) is 7.77. The summed E-state index contributed by atoms with van der Waals surface area (Å²) in [7, 11) is 4.63. The molecule has 0 unspecified atom stereocenters. The van der Waals surface area contributed by atoms with Gasteiger partial charge in [0.25, 0.3) is 5.91 Å². The highest BCUT2D eigenvalue weighted by atomic mass is 79.9. The molecule has 0 aliphatic heterocycles. The third-order valence-electron chi connectivity index (χ3n) is 3.19. The molecule has 2 aromatic rings. The van der Waals surface area contributed by atoms with Gasteiger partial charge in [-0.1, -0.05) is 15.9 Å². The zero-order valence-electron chi connectivity index (χ0n) is 13.5. The van der Waals surface area contributed by atoms with E-state index in [-0.39, 0.29) is 5.91 Å². The number of methoxy groups -OCH3 is 3. The van der Waals surface area contributed by atoms with Crippen LogP contribution in [0.1, 0.15) is 15.9 Å². The summed E-state index contributed by atoms with van der Waals surface area (Å²) in [5.74, 6) is 1.31. The minimum absolute atomic E-state index is 0.370. The molecule has 126 valence electrons. The summed E-state index contributed by atoms with van der Waals surface area (Å²) < 4.78 is 16.3. The monoisotopic (exact) mass is 392 g/mol. The maximum atomic E-state index is 12.2. The highest BCUT2D eigenvalue weighted by molar-refractivity contribution is 9.10. The van der Waals surface area contributed by atoms with Crippen LogP contribution in [0.25, 0.3) is 0 Å². The van der Waals surface area contributed by atoms with Gasteiger partial charge in [-0.25, -0.2) is 5.43 Å². The van der Waals surface area contributed by atoms with Crippen LogP contribution in [0.5, 0.6) is 17.2 Å². The lowest BCUT2D eigenvalue weighted by Gasteiger charge is -2.08. The molecule has 0 heterocycles. The van der Waals surface area contributed by atoms with Crippen molar-refractivity contribution < 1.29 is 19.0 Å². The molecule has 0 fully saturated rings. The maximum Gasteiger partial charge on any atom is 0.275 e. The number of amides is 1. The topological polar surface area (TPSA) is 69.2 Å². The van der Waals surface area contributed by atoms with Crippen LogP contribution in [0.15, 0.2) is 46.0 Å². The SMILES string of the molecule is COc1ccc(/C=N\NC(=O)c2cc(Br)ccc2OC)cc1OC. The van der Waals surface area contributed by atoms with E-state index in [0.29, 0.717) is 22.8 Å². The van der Waals surface area contributed by atoms with E-state index in [9.17, 15) is 4.79 Å². The van der Waals surface area contributed by atoms with Gasteiger partial charge in [0.1, 0.15) is 5.75 Å². The third kappa shape index (κ3) is 4.26. The first-order valence-electron chi connectivity index (χ1n) is 6.98. The van der Waals surface area contributed by atoms with Crippen LogP contribution in [-0.4, -0.2) is 33.5 Å². The van der Waals surface area contributed by atoms with Gasteiger partial charge >= 0.3 is 0 Å². The Morgan fingerprint density at radius 3 is 2.33 bits per heavy atom. The lowest BCUT2D eigenvalue weighted by Crippen LogP contribution is -2.18. The van der Waals surface area contributed by atoms with Crippen LogP contribution in [0.3, 0.4) is 0 Å². The number of hydrogen-bond acceptors (Lipinski definition) is 5. The van der Waals surface area contributed by atoms with Crippen molar-refractivity contribution >= 4 is 28.1 Å². The van der Waals surface area contributed by atoms with Gasteiger partial charge in [-0.2, -0.15) is 5.10 Å². The Hall–Kier alpha value is -2.54. The molecular weight excluding hydrogens is 376 g/mol.